The van der Waals surface area contributed by atoms with E-state index in [1.807, 2.05) is 91.0 Å². The van der Waals surface area contributed by atoms with Gasteiger partial charge in [-0.3, -0.25) is 14.4 Å². The SMILES string of the molecule is C=CCC1OC(COC(c2ccccc2)(c2ccccc2)c2ccccc2)C(OC(C)=O)C(OC(C)=O)C1OC(C)=O. The molecule has 0 amide bonds. The van der Waals surface area contributed by atoms with Crippen molar-refractivity contribution < 1.29 is 38.1 Å². The van der Waals surface area contributed by atoms with E-state index < -0.39 is 54.0 Å². The van der Waals surface area contributed by atoms with Crippen LogP contribution in [-0.2, 0) is 43.7 Å². The molecular weight excluding hydrogens is 536 g/mol. The summed E-state index contributed by atoms with van der Waals surface area (Å²) in [5.74, 6) is -1.84. The van der Waals surface area contributed by atoms with Gasteiger partial charge in [0, 0.05) is 20.8 Å². The van der Waals surface area contributed by atoms with Gasteiger partial charge in [0.15, 0.2) is 18.3 Å². The van der Waals surface area contributed by atoms with Crippen LogP contribution in [-0.4, -0.2) is 55.0 Å². The smallest absolute Gasteiger partial charge is 0.303 e. The molecule has 0 radical (unpaired) electrons. The quantitative estimate of drug-likeness (QED) is 0.135. The Labute approximate surface area is 246 Å². The van der Waals surface area contributed by atoms with Crippen molar-refractivity contribution in [1.82, 2.24) is 0 Å². The van der Waals surface area contributed by atoms with Gasteiger partial charge in [0.1, 0.15) is 17.8 Å². The molecule has 1 saturated heterocycles. The Balaban J connectivity index is 1.82. The second kappa shape index (κ2) is 14.1. The van der Waals surface area contributed by atoms with Crippen molar-refractivity contribution in [3.05, 3.63) is 120 Å². The number of carbonyl (C=O) groups excluding carboxylic acids is 3. The highest BCUT2D eigenvalue weighted by Crippen LogP contribution is 2.41. The van der Waals surface area contributed by atoms with E-state index in [1.165, 1.54) is 20.8 Å². The molecule has 0 N–H and O–H groups in total. The number of benzene rings is 3. The Kier molecular flexibility index (Phi) is 10.3. The minimum Gasteiger partial charge on any atom is -0.456 e. The predicted octanol–water partition coefficient (Wildman–Crippen LogP) is 5.13. The average Bonchev–Trinajstić information content (AvgIpc) is 2.98. The molecule has 3 aromatic carbocycles. The van der Waals surface area contributed by atoms with Crippen LogP contribution in [0.3, 0.4) is 0 Å². The first-order valence-electron chi connectivity index (χ1n) is 13.8. The van der Waals surface area contributed by atoms with Crippen molar-refractivity contribution >= 4 is 17.9 Å². The van der Waals surface area contributed by atoms with Crippen molar-refractivity contribution in [2.45, 2.75) is 63.3 Å². The van der Waals surface area contributed by atoms with Gasteiger partial charge in [-0.1, -0.05) is 97.1 Å². The fourth-order valence-corrected chi connectivity index (χ4v) is 5.45. The Morgan fingerprint density at radius 3 is 1.43 bits per heavy atom. The zero-order valence-electron chi connectivity index (χ0n) is 24.0. The zero-order valence-corrected chi connectivity index (χ0v) is 24.0. The van der Waals surface area contributed by atoms with Crippen molar-refractivity contribution in [1.29, 1.82) is 0 Å². The number of rotatable bonds is 11. The summed E-state index contributed by atoms with van der Waals surface area (Å²) in [5, 5.41) is 0. The summed E-state index contributed by atoms with van der Waals surface area (Å²) < 4.78 is 30.3. The van der Waals surface area contributed by atoms with Crippen LogP contribution >= 0.6 is 0 Å². The lowest BCUT2D eigenvalue weighted by Crippen LogP contribution is -2.62. The molecule has 5 unspecified atom stereocenters. The number of hydrogen-bond acceptors (Lipinski definition) is 8. The molecule has 1 fully saturated rings. The molecule has 8 nitrogen and oxygen atoms in total. The summed E-state index contributed by atoms with van der Waals surface area (Å²) >= 11 is 0. The third kappa shape index (κ3) is 6.95. The van der Waals surface area contributed by atoms with Gasteiger partial charge >= 0.3 is 17.9 Å². The first-order valence-corrected chi connectivity index (χ1v) is 13.8. The van der Waals surface area contributed by atoms with Gasteiger partial charge in [0.05, 0.1) is 6.61 Å². The second-order valence-electron chi connectivity index (χ2n) is 10.0. The molecule has 0 spiro atoms. The van der Waals surface area contributed by atoms with Crippen LogP contribution in [0.15, 0.2) is 104 Å². The first kappa shape index (κ1) is 30.7. The summed E-state index contributed by atoms with van der Waals surface area (Å²) in [6.07, 6.45) is -3.04. The van der Waals surface area contributed by atoms with E-state index in [1.54, 1.807) is 6.08 Å². The molecule has 1 heterocycles. The maximum Gasteiger partial charge on any atom is 0.303 e. The lowest BCUT2D eigenvalue weighted by Gasteiger charge is -2.45. The van der Waals surface area contributed by atoms with Crippen molar-refractivity contribution in [2.75, 3.05) is 6.61 Å². The topological polar surface area (TPSA) is 97.4 Å². The molecule has 0 aliphatic carbocycles. The Morgan fingerprint density at radius 1 is 0.667 bits per heavy atom. The fourth-order valence-electron chi connectivity index (χ4n) is 5.45. The van der Waals surface area contributed by atoms with Crippen LogP contribution in [0.25, 0.3) is 0 Å². The molecule has 0 bridgehead atoms. The fraction of sp³-hybridized carbons (Fsp3) is 0.324. The first-order chi connectivity index (χ1) is 20.3. The maximum absolute atomic E-state index is 12.3. The van der Waals surface area contributed by atoms with Crippen molar-refractivity contribution in [3.8, 4) is 0 Å². The van der Waals surface area contributed by atoms with E-state index in [2.05, 4.69) is 6.58 Å². The summed E-state index contributed by atoms with van der Waals surface area (Å²) in [5.41, 5.74) is 1.54. The lowest BCUT2D eigenvalue weighted by molar-refractivity contribution is -0.256. The van der Waals surface area contributed by atoms with Gasteiger partial charge in [-0.05, 0) is 23.1 Å². The standard InChI is InChI=1S/C34H36O8/c1-5-15-29-31(39-23(2)35)33(41-25(4)37)32(40-24(3)36)30(42-29)22-38-34(26-16-9-6-10-17-26,27-18-11-7-12-19-27)28-20-13-8-14-21-28/h5-14,16-21,29-33H,1,15,22H2,2-4H3. The van der Waals surface area contributed by atoms with E-state index in [-0.39, 0.29) is 13.0 Å². The van der Waals surface area contributed by atoms with Crippen LogP contribution in [0.1, 0.15) is 43.9 Å². The molecule has 1 aliphatic rings. The Bertz CT molecular complexity index is 1250. The maximum atomic E-state index is 12.3. The summed E-state index contributed by atoms with van der Waals surface area (Å²) in [6, 6.07) is 29.4. The van der Waals surface area contributed by atoms with Gasteiger partial charge in [-0.15, -0.1) is 6.58 Å². The van der Waals surface area contributed by atoms with E-state index in [0.29, 0.717) is 0 Å². The molecule has 0 saturated carbocycles. The van der Waals surface area contributed by atoms with E-state index >= 15 is 0 Å². The summed E-state index contributed by atoms with van der Waals surface area (Å²) in [4.78, 5) is 36.6. The van der Waals surface area contributed by atoms with Crippen molar-refractivity contribution in [3.63, 3.8) is 0 Å². The highest BCUT2D eigenvalue weighted by Gasteiger charge is 2.52. The average molecular weight is 573 g/mol. The molecular formula is C34H36O8. The van der Waals surface area contributed by atoms with Crippen LogP contribution in [0.2, 0.25) is 0 Å². The molecule has 4 rings (SSSR count). The normalized spacial score (nSPS) is 22.0. The summed E-state index contributed by atoms with van der Waals surface area (Å²) in [6.45, 7) is 7.47. The van der Waals surface area contributed by atoms with Gasteiger partial charge < -0.3 is 23.7 Å². The third-order valence-corrected chi connectivity index (χ3v) is 7.04. The van der Waals surface area contributed by atoms with E-state index in [4.69, 9.17) is 23.7 Å². The zero-order chi connectivity index (χ0) is 30.1. The van der Waals surface area contributed by atoms with Gasteiger partial charge in [0.2, 0.25) is 0 Å². The molecule has 42 heavy (non-hydrogen) atoms. The van der Waals surface area contributed by atoms with Gasteiger partial charge in [0.25, 0.3) is 0 Å². The van der Waals surface area contributed by atoms with Crippen LogP contribution in [0.5, 0.6) is 0 Å². The number of hydrogen-bond donors (Lipinski definition) is 0. The molecule has 5 atom stereocenters. The lowest BCUT2D eigenvalue weighted by atomic mass is 9.80. The predicted molar refractivity (Wildman–Crippen MR) is 155 cm³/mol. The van der Waals surface area contributed by atoms with Crippen LogP contribution in [0.4, 0.5) is 0 Å². The minimum absolute atomic E-state index is 0.0746. The van der Waals surface area contributed by atoms with Crippen molar-refractivity contribution in [2.24, 2.45) is 0 Å². The molecule has 8 heteroatoms. The monoisotopic (exact) mass is 572 g/mol. The second-order valence-corrected chi connectivity index (χ2v) is 10.0. The third-order valence-electron chi connectivity index (χ3n) is 7.04. The minimum atomic E-state index is -1.14. The van der Waals surface area contributed by atoms with Gasteiger partial charge in [-0.25, -0.2) is 0 Å². The van der Waals surface area contributed by atoms with E-state index in [0.717, 1.165) is 16.7 Å². The number of carbonyl (C=O) groups is 3. The largest absolute Gasteiger partial charge is 0.456 e. The Morgan fingerprint density at radius 2 is 1.05 bits per heavy atom. The molecule has 1 aliphatic heterocycles. The van der Waals surface area contributed by atoms with Gasteiger partial charge in [-0.2, -0.15) is 0 Å². The van der Waals surface area contributed by atoms with Crippen LogP contribution in [0, 0.1) is 0 Å². The molecule has 0 aromatic heterocycles. The highest BCUT2D eigenvalue weighted by molar-refractivity contribution is 5.68. The number of esters is 3. The molecule has 220 valence electrons. The molecule has 3 aromatic rings. The Hall–Kier alpha value is -4.27. The van der Waals surface area contributed by atoms with E-state index in [9.17, 15) is 14.4 Å². The van der Waals surface area contributed by atoms with Crippen LogP contribution < -0.4 is 0 Å². The number of ether oxygens (including phenoxy) is 5. The highest BCUT2D eigenvalue weighted by atomic mass is 16.7. The summed E-state index contributed by atoms with van der Waals surface area (Å²) in [7, 11) is 0.